The van der Waals surface area contributed by atoms with Gasteiger partial charge in [0.05, 0.1) is 5.69 Å². The number of hydrogen-bond donors (Lipinski definition) is 1. The Morgan fingerprint density at radius 1 is 1.17 bits per heavy atom. The van der Waals surface area contributed by atoms with Crippen LogP contribution in [0.15, 0.2) is 60.2 Å². The van der Waals surface area contributed by atoms with Crippen molar-refractivity contribution in [3.8, 4) is 11.3 Å². The van der Waals surface area contributed by atoms with Gasteiger partial charge < -0.3 is 5.32 Å². The van der Waals surface area contributed by atoms with Crippen LogP contribution >= 0.6 is 11.3 Å². The second kappa shape index (κ2) is 7.15. The summed E-state index contributed by atoms with van der Waals surface area (Å²) in [4.78, 5) is 20.8. The van der Waals surface area contributed by atoms with Gasteiger partial charge in [-0.2, -0.15) is 0 Å². The maximum atomic E-state index is 12.3. The molecule has 5 heteroatoms. The molecule has 0 bridgehead atoms. The lowest BCUT2D eigenvalue weighted by atomic mass is 10.0. The van der Waals surface area contributed by atoms with Crippen LogP contribution in [0.5, 0.6) is 0 Å². The second-order valence-electron chi connectivity index (χ2n) is 5.35. The third kappa shape index (κ3) is 4.02. The van der Waals surface area contributed by atoms with E-state index < -0.39 is 0 Å². The fraction of sp³-hybridized carbons (Fsp3) is 0.167. The zero-order valence-electron chi connectivity index (χ0n) is 12.8. The third-order valence-corrected chi connectivity index (χ3v) is 4.30. The number of carbonyl (C=O) groups is 1. The molecule has 4 nitrogen and oxygen atoms in total. The maximum Gasteiger partial charge on any atom is 0.229 e. The van der Waals surface area contributed by atoms with Crippen molar-refractivity contribution >= 4 is 22.4 Å². The molecular formula is C18H17N3OS. The van der Waals surface area contributed by atoms with Crippen molar-refractivity contribution in [1.82, 2.24) is 9.97 Å². The van der Waals surface area contributed by atoms with E-state index in [-0.39, 0.29) is 11.8 Å². The number of thiazole rings is 1. The quantitative estimate of drug-likeness (QED) is 0.771. The van der Waals surface area contributed by atoms with Gasteiger partial charge in [0.2, 0.25) is 5.91 Å². The van der Waals surface area contributed by atoms with E-state index in [0.717, 1.165) is 23.2 Å². The molecule has 0 fully saturated rings. The highest BCUT2D eigenvalue weighted by Gasteiger charge is 2.15. The zero-order chi connectivity index (χ0) is 16.1. The van der Waals surface area contributed by atoms with Gasteiger partial charge in [-0.1, -0.05) is 37.3 Å². The number of pyridine rings is 1. The van der Waals surface area contributed by atoms with Crippen LogP contribution in [-0.2, 0) is 11.2 Å². The second-order valence-corrected chi connectivity index (χ2v) is 6.21. The van der Waals surface area contributed by atoms with E-state index >= 15 is 0 Å². The Hall–Kier alpha value is -2.53. The van der Waals surface area contributed by atoms with Crippen molar-refractivity contribution in [3.63, 3.8) is 0 Å². The van der Waals surface area contributed by atoms with Crippen molar-refractivity contribution < 1.29 is 4.79 Å². The van der Waals surface area contributed by atoms with Crippen LogP contribution in [0, 0.1) is 5.92 Å². The number of nitrogens with one attached hydrogen (secondary N) is 1. The van der Waals surface area contributed by atoms with Gasteiger partial charge in [-0.05, 0) is 24.1 Å². The normalized spacial score (nSPS) is 11.9. The fourth-order valence-corrected chi connectivity index (χ4v) is 3.00. The van der Waals surface area contributed by atoms with E-state index in [0.29, 0.717) is 5.13 Å². The Morgan fingerprint density at radius 2 is 1.91 bits per heavy atom. The Labute approximate surface area is 139 Å². The molecule has 1 atom stereocenters. The maximum absolute atomic E-state index is 12.3. The number of benzene rings is 1. The standard InChI is InChI=1S/C18H17N3OS/c1-13(11-14-5-3-2-4-6-14)17(22)21-18-20-16(12-23-18)15-7-9-19-10-8-15/h2-10,12-13H,11H2,1H3,(H,20,21,22). The first-order chi connectivity index (χ1) is 11.2. The van der Waals surface area contributed by atoms with E-state index in [1.54, 1.807) is 12.4 Å². The summed E-state index contributed by atoms with van der Waals surface area (Å²) in [6.07, 6.45) is 4.18. The Morgan fingerprint density at radius 3 is 2.65 bits per heavy atom. The molecule has 0 saturated heterocycles. The first kappa shape index (κ1) is 15.4. The van der Waals surface area contributed by atoms with Crippen LogP contribution in [0.3, 0.4) is 0 Å². The summed E-state index contributed by atoms with van der Waals surface area (Å²) in [6, 6.07) is 13.8. The van der Waals surface area contributed by atoms with Crippen LogP contribution in [0.1, 0.15) is 12.5 Å². The minimum absolute atomic E-state index is 0.00974. The monoisotopic (exact) mass is 323 g/mol. The van der Waals surface area contributed by atoms with Gasteiger partial charge in [0.15, 0.2) is 5.13 Å². The summed E-state index contributed by atoms with van der Waals surface area (Å²) in [5.41, 5.74) is 3.00. The molecule has 0 aliphatic rings. The van der Waals surface area contributed by atoms with E-state index in [1.807, 2.05) is 54.8 Å². The number of aromatic nitrogens is 2. The molecule has 1 unspecified atom stereocenters. The number of carbonyl (C=O) groups excluding carboxylic acids is 1. The minimum Gasteiger partial charge on any atom is -0.302 e. The summed E-state index contributed by atoms with van der Waals surface area (Å²) in [7, 11) is 0. The molecule has 0 spiro atoms. The predicted molar refractivity (Wildman–Crippen MR) is 93.3 cm³/mol. The fourth-order valence-electron chi connectivity index (χ4n) is 2.28. The first-order valence-electron chi connectivity index (χ1n) is 7.43. The number of amides is 1. The molecule has 1 amide bonds. The molecule has 2 heterocycles. The van der Waals surface area contributed by atoms with Gasteiger partial charge in [0.25, 0.3) is 0 Å². The number of nitrogens with zero attached hydrogens (tertiary/aromatic N) is 2. The van der Waals surface area contributed by atoms with E-state index in [2.05, 4.69) is 15.3 Å². The summed E-state index contributed by atoms with van der Waals surface area (Å²) in [6.45, 7) is 1.93. The van der Waals surface area contributed by atoms with Crippen molar-refractivity contribution in [2.75, 3.05) is 5.32 Å². The molecule has 1 N–H and O–H groups in total. The molecule has 0 aliphatic carbocycles. The van der Waals surface area contributed by atoms with Gasteiger partial charge in [0, 0.05) is 29.3 Å². The highest BCUT2D eigenvalue weighted by atomic mass is 32.1. The molecule has 1 aromatic carbocycles. The lowest BCUT2D eigenvalue weighted by Crippen LogP contribution is -2.22. The summed E-state index contributed by atoms with van der Waals surface area (Å²) < 4.78 is 0. The van der Waals surface area contributed by atoms with Gasteiger partial charge in [0.1, 0.15) is 0 Å². The van der Waals surface area contributed by atoms with Gasteiger partial charge in [-0.15, -0.1) is 11.3 Å². The zero-order valence-corrected chi connectivity index (χ0v) is 13.6. The Balaban J connectivity index is 1.63. The molecule has 116 valence electrons. The largest absolute Gasteiger partial charge is 0.302 e. The lowest BCUT2D eigenvalue weighted by molar-refractivity contribution is -0.119. The SMILES string of the molecule is CC(Cc1ccccc1)C(=O)Nc1nc(-c2ccncc2)cs1. The molecule has 0 aliphatic heterocycles. The summed E-state index contributed by atoms with van der Waals surface area (Å²) in [5, 5.41) is 5.47. The lowest BCUT2D eigenvalue weighted by Gasteiger charge is -2.10. The average molecular weight is 323 g/mol. The molecule has 23 heavy (non-hydrogen) atoms. The summed E-state index contributed by atoms with van der Waals surface area (Å²) in [5.74, 6) is -0.116. The topological polar surface area (TPSA) is 54.9 Å². The Kier molecular flexibility index (Phi) is 4.78. The summed E-state index contributed by atoms with van der Waals surface area (Å²) >= 11 is 1.43. The van der Waals surface area contributed by atoms with Crippen molar-refractivity contribution in [2.45, 2.75) is 13.3 Å². The molecule has 0 saturated carbocycles. The average Bonchev–Trinajstić information content (AvgIpc) is 3.05. The van der Waals surface area contributed by atoms with Crippen LogP contribution in [0.25, 0.3) is 11.3 Å². The predicted octanol–water partition coefficient (Wildman–Crippen LogP) is 4.02. The number of hydrogen-bond acceptors (Lipinski definition) is 4. The van der Waals surface area contributed by atoms with Crippen LogP contribution in [0.4, 0.5) is 5.13 Å². The molecule has 3 rings (SSSR count). The number of anilines is 1. The van der Waals surface area contributed by atoms with Crippen molar-refractivity contribution in [2.24, 2.45) is 5.92 Å². The van der Waals surface area contributed by atoms with Crippen LogP contribution in [0.2, 0.25) is 0 Å². The molecule has 0 radical (unpaired) electrons. The van der Waals surface area contributed by atoms with Crippen molar-refractivity contribution in [3.05, 3.63) is 65.8 Å². The molecule has 2 aromatic heterocycles. The van der Waals surface area contributed by atoms with E-state index in [9.17, 15) is 4.79 Å². The highest BCUT2D eigenvalue weighted by Crippen LogP contribution is 2.24. The van der Waals surface area contributed by atoms with Crippen LogP contribution in [-0.4, -0.2) is 15.9 Å². The third-order valence-electron chi connectivity index (χ3n) is 3.54. The van der Waals surface area contributed by atoms with E-state index in [1.165, 1.54) is 11.3 Å². The minimum atomic E-state index is -0.106. The highest BCUT2D eigenvalue weighted by molar-refractivity contribution is 7.14. The van der Waals surface area contributed by atoms with E-state index in [4.69, 9.17) is 0 Å². The van der Waals surface area contributed by atoms with Crippen molar-refractivity contribution in [1.29, 1.82) is 0 Å². The van der Waals surface area contributed by atoms with Gasteiger partial charge in [-0.25, -0.2) is 4.98 Å². The van der Waals surface area contributed by atoms with Gasteiger partial charge in [-0.3, -0.25) is 9.78 Å². The molecular weight excluding hydrogens is 306 g/mol. The van der Waals surface area contributed by atoms with Crippen LogP contribution < -0.4 is 5.32 Å². The number of rotatable bonds is 5. The first-order valence-corrected chi connectivity index (χ1v) is 8.31. The Bertz CT molecular complexity index is 771. The smallest absolute Gasteiger partial charge is 0.229 e. The molecule has 3 aromatic rings. The van der Waals surface area contributed by atoms with Gasteiger partial charge >= 0.3 is 0 Å².